The van der Waals surface area contributed by atoms with Crippen molar-refractivity contribution >= 4 is 13.3 Å². The molecule has 1 atom stereocenters. The van der Waals surface area contributed by atoms with E-state index in [-0.39, 0.29) is 13.2 Å². The summed E-state index contributed by atoms with van der Waals surface area (Å²) in [5, 5.41) is 12.3. The second kappa shape index (κ2) is 9.40. The van der Waals surface area contributed by atoms with Gasteiger partial charge in [0.15, 0.2) is 5.78 Å². The van der Waals surface area contributed by atoms with Crippen LogP contribution >= 0.6 is 7.60 Å². The highest BCUT2D eigenvalue weighted by Gasteiger charge is 2.37. The van der Waals surface area contributed by atoms with Gasteiger partial charge in [0.1, 0.15) is 5.75 Å². The molecule has 26 heavy (non-hydrogen) atoms. The molecule has 1 unspecified atom stereocenters. The van der Waals surface area contributed by atoms with Crippen molar-refractivity contribution < 1.29 is 18.3 Å². The molecule has 138 valence electrons. The highest BCUT2D eigenvalue weighted by atomic mass is 31.2. The first-order valence-corrected chi connectivity index (χ1v) is 9.97. The van der Waals surface area contributed by atoms with Crippen LogP contribution in [0, 0.1) is 11.3 Å². The SMILES string of the molecule is CCOP(=O)(OCC)C(Nc1cccc(C#N)c1)c1ccc(OC)cc1. The van der Waals surface area contributed by atoms with Gasteiger partial charge in [0.2, 0.25) is 0 Å². The zero-order valence-corrected chi connectivity index (χ0v) is 16.0. The zero-order chi connectivity index (χ0) is 19.0. The summed E-state index contributed by atoms with van der Waals surface area (Å²) in [6, 6.07) is 16.3. The number of benzene rings is 2. The molecule has 0 heterocycles. The molecule has 1 N–H and O–H groups in total. The summed E-state index contributed by atoms with van der Waals surface area (Å²) in [5.41, 5.74) is 1.90. The summed E-state index contributed by atoms with van der Waals surface area (Å²) < 4.78 is 29.7. The molecule has 0 amide bonds. The van der Waals surface area contributed by atoms with Gasteiger partial charge in [-0.2, -0.15) is 5.26 Å². The number of hydrogen-bond acceptors (Lipinski definition) is 6. The number of hydrogen-bond donors (Lipinski definition) is 1. The van der Waals surface area contributed by atoms with Gasteiger partial charge in [-0.3, -0.25) is 4.57 Å². The van der Waals surface area contributed by atoms with E-state index >= 15 is 0 Å². The van der Waals surface area contributed by atoms with E-state index in [0.717, 1.165) is 5.56 Å². The molecule has 0 fully saturated rings. The van der Waals surface area contributed by atoms with E-state index < -0.39 is 13.4 Å². The van der Waals surface area contributed by atoms with Crippen LogP contribution in [0.2, 0.25) is 0 Å². The second-order valence-electron chi connectivity index (χ2n) is 5.39. The van der Waals surface area contributed by atoms with Crippen LogP contribution in [0.5, 0.6) is 5.75 Å². The molecule has 7 heteroatoms. The van der Waals surface area contributed by atoms with Crippen LogP contribution in [0.25, 0.3) is 0 Å². The molecule has 6 nitrogen and oxygen atoms in total. The van der Waals surface area contributed by atoms with Gasteiger partial charge in [0.25, 0.3) is 0 Å². The normalized spacial score (nSPS) is 12.2. The van der Waals surface area contributed by atoms with Crippen molar-refractivity contribution in [3.8, 4) is 11.8 Å². The van der Waals surface area contributed by atoms with Crippen LogP contribution in [0.1, 0.15) is 30.8 Å². The minimum absolute atomic E-state index is 0.254. The summed E-state index contributed by atoms with van der Waals surface area (Å²) in [6.07, 6.45) is 0. The summed E-state index contributed by atoms with van der Waals surface area (Å²) in [7, 11) is -1.91. The maximum Gasteiger partial charge on any atom is 0.357 e. The van der Waals surface area contributed by atoms with E-state index in [1.807, 2.05) is 12.1 Å². The van der Waals surface area contributed by atoms with Gasteiger partial charge < -0.3 is 19.1 Å². The van der Waals surface area contributed by atoms with Crippen LogP contribution in [0.3, 0.4) is 0 Å². The largest absolute Gasteiger partial charge is 0.497 e. The Balaban J connectivity index is 2.45. The number of anilines is 1. The molecular weight excluding hydrogens is 351 g/mol. The van der Waals surface area contributed by atoms with Crippen LogP contribution in [0.4, 0.5) is 5.69 Å². The fourth-order valence-corrected chi connectivity index (χ4v) is 4.45. The first-order chi connectivity index (χ1) is 12.6. The van der Waals surface area contributed by atoms with Crippen LogP contribution in [-0.4, -0.2) is 20.3 Å². The van der Waals surface area contributed by atoms with E-state index in [1.54, 1.807) is 57.4 Å². The summed E-state index contributed by atoms with van der Waals surface area (Å²) in [4.78, 5) is 0. The van der Waals surface area contributed by atoms with E-state index in [9.17, 15) is 4.57 Å². The van der Waals surface area contributed by atoms with Gasteiger partial charge in [-0.05, 0) is 49.7 Å². The minimum atomic E-state index is -3.50. The number of nitrogens with one attached hydrogen (secondary N) is 1. The second-order valence-corrected chi connectivity index (χ2v) is 7.50. The molecule has 0 aliphatic rings. The van der Waals surface area contributed by atoms with Gasteiger partial charge in [-0.25, -0.2) is 0 Å². The predicted octanol–water partition coefficient (Wildman–Crippen LogP) is 4.94. The van der Waals surface area contributed by atoms with Gasteiger partial charge >= 0.3 is 7.60 Å². The lowest BCUT2D eigenvalue weighted by Crippen LogP contribution is -2.15. The van der Waals surface area contributed by atoms with Crippen LogP contribution in [0.15, 0.2) is 48.5 Å². The molecule has 0 aliphatic heterocycles. The van der Waals surface area contributed by atoms with E-state index in [2.05, 4.69) is 11.4 Å². The number of nitrogens with zero attached hydrogens (tertiary/aromatic N) is 1. The third-order valence-electron chi connectivity index (χ3n) is 3.66. The molecule has 0 aromatic heterocycles. The maximum absolute atomic E-state index is 13.4. The molecule has 0 bridgehead atoms. The molecule has 2 aromatic carbocycles. The predicted molar refractivity (Wildman–Crippen MR) is 101 cm³/mol. The third-order valence-corrected chi connectivity index (χ3v) is 5.96. The van der Waals surface area contributed by atoms with Crippen molar-refractivity contribution in [1.82, 2.24) is 0 Å². The fraction of sp³-hybridized carbons (Fsp3) is 0.316. The Labute approximate surface area is 154 Å². The summed E-state index contributed by atoms with van der Waals surface area (Å²) in [5.74, 6) is -0.0242. The highest BCUT2D eigenvalue weighted by molar-refractivity contribution is 7.54. The fourth-order valence-electron chi connectivity index (χ4n) is 2.51. The Kier molecular flexibility index (Phi) is 7.23. The Morgan fingerprint density at radius 3 is 2.31 bits per heavy atom. The highest BCUT2D eigenvalue weighted by Crippen LogP contribution is 2.60. The van der Waals surface area contributed by atoms with Crippen molar-refractivity contribution in [3.05, 3.63) is 59.7 Å². The Bertz CT molecular complexity index is 792. The molecule has 0 saturated heterocycles. The lowest BCUT2D eigenvalue weighted by molar-refractivity contribution is 0.214. The van der Waals surface area contributed by atoms with Gasteiger partial charge in [-0.1, -0.05) is 18.2 Å². The molecule has 0 aliphatic carbocycles. The van der Waals surface area contributed by atoms with Crippen molar-refractivity contribution in [2.45, 2.75) is 19.6 Å². The number of rotatable bonds is 9. The lowest BCUT2D eigenvalue weighted by Gasteiger charge is -2.28. The Morgan fingerprint density at radius 1 is 1.12 bits per heavy atom. The standard InChI is InChI=1S/C19H23N2O4P/c1-4-24-26(22,25-5-2)19(16-9-11-18(23-3)12-10-16)21-17-8-6-7-15(13-17)14-20/h6-13,19,21H,4-5H2,1-3H3. The van der Waals surface area contributed by atoms with E-state index in [1.165, 1.54) is 0 Å². The zero-order valence-electron chi connectivity index (χ0n) is 15.1. The van der Waals surface area contributed by atoms with E-state index in [0.29, 0.717) is 17.0 Å². The van der Waals surface area contributed by atoms with E-state index in [4.69, 9.17) is 19.0 Å². The number of methoxy groups -OCH3 is 1. The molecule has 0 saturated carbocycles. The van der Waals surface area contributed by atoms with Gasteiger partial charge in [0, 0.05) is 5.69 Å². The average Bonchev–Trinajstić information content (AvgIpc) is 2.67. The molecule has 2 rings (SSSR count). The Morgan fingerprint density at radius 2 is 1.77 bits per heavy atom. The lowest BCUT2D eigenvalue weighted by atomic mass is 10.2. The molecule has 0 spiro atoms. The topological polar surface area (TPSA) is 80.6 Å². The molecular formula is C19H23N2O4P. The molecule has 2 aromatic rings. The quantitative estimate of drug-likeness (QED) is 0.626. The minimum Gasteiger partial charge on any atom is -0.497 e. The van der Waals surface area contributed by atoms with Crippen LogP contribution < -0.4 is 10.1 Å². The van der Waals surface area contributed by atoms with Crippen molar-refractivity contribution in [2.24, 2.45) is 0 Å². The first kappa shape index (κ1) is 20.0. The van der Waals surface area contributed by atoms with Crippen molar-refractivity contribution in [1.29, 1.82) is 5.26 Å². The number of ether oxygens (including phenoxy) is 1. The summed E-state index contributed by atoms with van der Waals surface area (Å²) >= 11 is 0. The maximum atomic E-state index is 13.4. The Hall–Kier alpha value is -2.32. The van der Waals surface area contributed by atoms with Gasteiger partial charge in [-0.15, -0.1) is 0 Å². The smallest absolute Gasteiger partial charge is 0.357 e. The van der Waals surface area contributed by atoms with Gasteiger partial charge in [0.05, 0.1) is 32.0 Å². The third kappa shape index (κ3) is 4.86. The summed E-state index contributed by atoms with van der Waals surface area (Å²) in [6.45, 7) is 4.05. The first-order valence-electron chi connectivity index (χ1n) is 8.35. The van der Waals surface area contributed by atoms with Crippen molar-refractivity contribution in [3.63, 3.8) is 0 Å². The van der Waals surface area contributed by atoms with Crippen LogP contribution in [-0.2, 0) is 13.6 Å². The number of nitriles is 1. The monoisotopic (exact) mass is 374 g/mol. The average molecular weight is 374 g/mol. The van der Waals surface area contributed by atoms with Crippen molar-refractivity contribution in [2.75, 3.05) is 25.6 Å². The molecule has 0 radical (unpaired) electrons.